The highest BCUT2D eigenvalue weighted by Crippen LogP contribution is 2.29. The van der Waals surface area contributed by atoms with Crippen molar-refractivity contribution in [1.82, 2.24) is 20.2 Å². The zero-order valence-electron chi connectivity index (χ0n) is 14.4. The number of amides is 1. The largest absolute Gasteiger partial charge is 0.380 e. The molecule has 134 valence electrons. The number of anilines is 1. The van der Waals surface area contributed by atoms with Gasteiger partial charge in [-0.25, -0.2) is 4.68 Å². The van der Waals surface area contributed by atoms with Gasteiger partial charge in [0, 0.05) is 12.8 Å². The number of hydrogen-bond donors (Lipinski definition) is 1. The Morgan fingerprint density at radius 3 is 3.04 bits per heavy atom. The second kappa shape index (κ2) is 8.96. The molecule has 1 aromatic carbocycles. The van der Waals surface area contributed by atoms with Crippen molar-refractivity contribution in [2.45, 2.75) is 44.1 Å². The number of tetrazole rings is 1. The summed E-state index contributed by atoms with van der Waals surface area (Å²) in [6, 6.07) is 8.10. The van der Waals surface area contributed by atoms with Crippen LogP contribution in [-0.2, 0) is 21.9 Å². The van der Waals surface area contributed by atoms with Crippen LogP contribution < -0.4 is 5.32 Å². The first kappa shape index (κ1) is 17.9. The SMILES string of the molecule is COCc1cccc(NC(=O)CSCc2nnnn2C2CCCC2)c1. The molecule has 1 fully saturated rings. The highest BCUT2D eigenvalue weighted by Gasteiger charge is 2.21. The van der Waals surface area contributed by atoms with Gasteiger partial charge in [0.1, 0.15) is 0 Å². The maximum atomic E-state index is 12.1. The van der Waals surface area contributed by atoms with Gasteiger partial charge in [-0.3, -0.25) is 4.79 Å². The fourth-order valence-electron chi connectivity index (χ4n) is 3.08. The summed E-state index contributed by atoms with van der Waals surface area (Å²) in [5, 5.41) is 14.9. The van der Waals surface area contributed by atoms with E-state index in [1.54, 1.807) is 7.11 Å². The summed E-state index contributed by atoms with van der Waals surface area (Å²) in [6.07, 6.45) is 4.76. The number of nitrogens with one attached hydrogen (secondary N) is 1. The molecule has 0 aliphatic heterocycles. The smallest absolute Gasteiger partial charge is 0.234 e. The van der Waals surface area contributed by atoms with Crippen LogP contribution in [0.25, 0.3) is 0 Å². The van der Waals surface area contributed by atoms with Crippen molar-refractivity contribution in [2.24, 2.45) is 0 Å². The molecule has 0 bridgehead atoms. The normalized spacial score (nSPS) is 14.8. The Kier molecular flexibility index (Phi) is 6.41. The van der Waals surface area contributed by atoms with Crippen LogP contribution in [-0.4, -0.2) is 39.0 Å². The molecule has 1 heterocycles. The van der Waals surface area contributed by atoms with E-state index < -0.39 is 0 Å². The summed E-state index contributed by atoms with van der Waals surface area (Å²) in [5.41, 5.74) is 1.82. The van der Waals surface area contributed by atoms with Crippen LogP contribution in [0, 0.1) is 0 Å². The lowest BCUT2D eigenvalue weighted by atomic mass is 10.2. The van der Waals surface area contributed by atoms with Gasteiger partial charge in [-0.05, 0) is 41.0 Å². The number of carbonyl (C=O) groups excluding carboxylic acids is 1. The third kappa shape index (κ3) is 5.02. The zero-order valence-corrected chi connectivity index (χ0v) is 15.2. The topological polar surface area (TPSA) is 81.9 Å². The number of benzene rings is 1. The molecule has 1 aromatic heterocycles. The molecule has 1 N–H and O–H groups in total. The number of rotatable bonds is 8. The van der Waals surface area contributed by atoms with Crippen molar-refractivity contribution in [3.05, 3.63) is 35.7 Å². The van der Waals surface area contributed by atoms with Gasteiger partial charge in [0.2, 0.25) is 5.91 Å². The number of aromatic nitrogens is 4. The summed E-state index contributed by atoms with van der Waals surface area (Å²) < 4.78 is 7.05. The highest BCUT2D eigenvalue weighted by atomic mass is 32.2. The Morgan fingerprint density at radius 2 is 2.24 bits per heavy atom. The van der Waals surface area contributed by atoms with E-state index in [2.05, 4.69) is 20.8 Å². The number of methoxy groups -OCH3 is 1. The fourth-order valence-corrected chi connectivity index (χ4v) is 3.81. The van der Waals surface area contributed by atoms with E-state index in [-0.39, 0.29) is 5.91 Å². The minimum Gasteiger partial charge on any atom is -0.380 e. The second-order valence-electron chi connectivity index (χ2n) is 6.15. The van der Waals surface area contributed by atoms with Crippen LogP contribution in [0.3, 0.4) is 0 Å². The lowest BCUT2D eigenvalue weighted by molar-refractivity contribution is -0.113. The predicted molar refractivity (Wildman–Crippen MR) is 97.3 cm³/mol. The van der Waals surface area contributed by atoms with Gasteiger partial charge in [0.25, 0.3) is 0 Å². The van der Waals surface area contributed by atoms with E-state index in [1.165, 1.54) is 24.6 Å². The van der Waals surface area contributed by atoms with Gasteiger partial charge in [0.15, 0.2) is 5.82 Å². The molecule has 1 amide bonds. The molecule has 7 nitrogen and oxygen atoms in total. The van der Waals surface area contributed by atoms with E-state index in [1.807, 2.05) is 28.9 Å². The van der Waals surface area contributed by atoms with Crippen molar-refractivity contribution in [2.75, 3.05) is 18.2 Å². The van der Waals surface area contributed by atoms with Crippen LogP contribution in [0.1, 0.15) is 43.1 Å². The van der Waals surface area contributed by atoms with Crippen LogP contribution in [0.5, 0.6) is 0 Å². The van der Waals surface area contributed by atoms with Crippen molar-refractivity contribution < 1.29 is 9.53 Å². The molecule has 0 unspecified atom stereocenters. The molecule has 2 aromatic rings. The molecule has 1 saturated carbocycles. The molecule has 1 aliphatic carbocycles. The Hall–Kier alpha value is -1.93. The third-order valence-electron chi connectivity index (χ3n) is 4.22. The number of thioether (sulfide) groups is 1. The maximum Gasteiger partial charge on any atom is 0.234 e. The van der Waals surface area contributed by atoms with Crippen LogP contribution in [0.4, 0.5) is 5.69 Å². The molecule has 8 heteroatoms. The molecule has 0 radical (unpaired) electrons. The standard InChI is InChI=1S/C17H23N5O2S/c1-24-10-13-5-4-6-14(9-13)18-17(23)12-25-11-16-19-20-21-22(16)15-7-2-3-8-15/h4-6,9,15H,2-3,7-8,10-12H2,1H3,(H,18,23). The van der Waals surface area contributed by atoms with E-state index in [4.69, 9.17) is 4.74 Å². The third-order valence-corrected chi connectivity index (χ3v) is 5.15. The molecule has 3 rings (SSSR count). The first-order valence-corrected chi connectivity index (χ1v) is 9.64. The zero-order chi connectivity index (χ0) is 17.5. The quantitative estimate of drug-likeness (QED) is 0.778. The second-order valence-corrected chi connectivity index (χ2v) is 7.14. The average Bonchev–Trinajstić information content (AvgIpc) is 3.26. The first-order valence-electron chi connectivity index (χ1n) is 8.48. The van der Waals surface area contributed by atoms with Gasteiger partial charge >= 0.3 is 0 Å². The summed E-state index contributed by atoms with van der Waals surface area (Å²) in [4.78, 5) is 12.1. The number of carbonyl (C=O) groups is 1. The molecule has 25 heavy (non-hydrogen) atoms. The number of nitrogens with zero attached hydrogens (tertiary/aromatic N) is 4. The van der Waals surface area contributed by atoms with E-state index in [0.717, 1.165) is 29.9 Å². The lowest BCUT2D eigenvalue weighted by Crippen LogP contribution is -2.15. The van der Waals surface area contributed by atoms with Crippen molar-refractivity contribution in [3.8, 4) is 0 Å². The van der Waals surface area contributed by atoms with Crippen LogP contribution in [0.2, 0.25) is 0 Å². The minimum atomic E-state index is -0.0283. The Labute approximate surface area is 151 Å². The Balaban J connectivity index is 1.47. The van der Waals surface area contributed by atoms with Gasteiger partial charge < -0.3 is 10.1 Å². The molecule has 1 aliphatic rings. The predicted octanol–water partition coefficient (Wildman–Crippen LogP) is 2.81. The first-order chi connectivity index (χ1) is 12.3. The summed E-state index contributed by atoms with van der Waals surface area (Å²) in [6.45, 7) is 0.530. The van der Waals surface area contributed by atoms with Gasteiger partial charge in [-0.15, -0.1) is 16.9 Å². The van der Waals surface area contributed by atoms with Gasteiger partial charge in [0.05, 0.1) is 24.2 Å². The minimum absolute atomic E-state index is 0.0283. The molecule has 0 spiro atoms. The summed E-state index contributed by atoms with van der Waals surface area (Å²) in [7, 11) is 1.65. The Bertz CT molecular complexity index is 700. The molecular formula is C17H23N5O2S. The monoisotopic (exact) mass is 361 g/mol. The van der Waals surface area contributed by atoms with Gasteiger partial charge in [-0.1, -0.05) is 25.0 Å². The van der Waals surface area contributed by atoms with Crippen molar-refractivity contribution >= 4 is 23.4 Å². The van der Waals surface area contributed by atoms with Crippen molar-refractivity contribution in [1.29, 1.82) is 0 Å². The van der Waals surface area contributed by atoms with Crippen LogP contribution >= 0.6 is 11.8 Å². The van der Waals surface area contributed by atoms with Gasteiger partial charge in [-0.2, -0.15) is 0 Å². The van der Waals surface area contributed by atoms with E-state index >= 15 is 0 Å². The van der Waals surface area contributed by atoms with E-state index in [9.17, 15) is 4.79 Å². The van der Waals surface area contributed by atoms with Crippen molar-refractivity contribution in [3.63, 3.8) is 0 Å². The fraction of sp³-hybridized carbons (Fsp3) is 0.529. The Morgan fingerprint density at radius 1 is 1.40 bits per heavy atom. The van der Waals surface area contributed by atoms with Crippen LogP contribution in [0.15, 0.2) is 24.3 Å². The molecular weight excluding hydrogens is 338 g/mol. The molecule has 0 saturated heterocycles. The van der Waals surface area contributed by atoms with E-state index in [0.29, 0.717) is 24.2 Å². The number of ether oxygens (including phenoxy) is 1. The molecule has 0 atom stereocenters. The average molecular weight is 361 g/mol. The summed E-state index contributed by atoms with van der Waals surface area (Å²) in [5.74, 6) is 1.83. The summed E-state index contributed by atoms with van der Waals surface area (Å²) >= 11 is 1.53. The number of hydrogen-bond acceptors (Lipinski definition) is 6. The maximum absolute atomic E-state index is 12.1. The highest BCUT2D eigenvalue weighted by molar-refractivity contribution is 7.99. The lowest BCUT2D eigenvalue weighted by Gasteiger charge is -2.11.